The maximum atomic E-state index is 10.7. The van der Waals surface area contributed by atoms with Crippen molar-refractivity contribution < 1.29 is 15.0 Å². The van der Waals surface area contributed by atoms with Gasteiger partial charge in [0.25, 0.3) is 0 Å². The first-order chi connectivity index (χ1) is 8.60. The summed E-state index contributed by atoms with van der Waals surface area (Å²) < 4.78 is 0. The molecule has 1 fully saturated rings. The van der Waals surface area contributed by atoms with E-state index in [0.29, 0.717) is 18.8 Å². The zero-order chi connectivity index (χ0) is 13.0. The molecule has 0 amide bonds. The topological polar surface area (TPSA) is 57.5 Å². The molecular weight excluding hydrogens is 228 g/mol. The van der Waals surface area contributed by atoms with Crippen LogP contribution in [0.4, 0.5) is 0 Å². The second-order valence-corrected chi connectivity index (χ2v) is 5.29. The summed E-state index contributed by atoms with van der Waals surface area (Å²) in [6.07, 6.45) is 4.34. The van der Waals surface area contributed by atoms with Gasteiger partial charge in [0.05, 0.1) is 5.60 Å². The van der Waals surface area contributed by atoms with Gasteiger partial charge in [-0.3, -0.25) is 4.79 Å². The highest BCUT2D eigenvalue weighted by atomic mass is 16.4. The van der Waals surface area contributed by atoms with Crippen molar-refractivity contribution in [3.05, 3.63) is 35.9 Å². The van der Waals surface area contributed by atoms with Crippen molar-refractivity contribution in [1.82, 2.24) is 0 Å². The Morgan fingerprint density at radius 2 is 2.06 bits per heavy atom. The number of hydrogen-bond donors (Lipinski definition) is 2. The first-order valence-electron chi connectivity index (χ1n) is 6.60. The summed E-state index contributed by atoms with van der Waals surface area (Å²) >= 11 is 0. The third kappa shape index (κ3) is 3.10. The monoisotopic (exact) mass is 248 g/mol. The van der Waals surface area contributed by atoms with E-state index >= 15 is 0 Å². The molecule has 0 aliphatic heterocycles. The van der Waals surface area contributed by atoms with E-state index in [1.54, 1.807) is 0 Å². The van der Waals surface area contributed by atoms with Crippen LogP contribution in [0.15, 0.2) is 30.3 Å². The van der Waals surface area contributed by atoms with Crippen molar-refractivity contribution >= 4 is 5.97 Å². The van der Waals surface area contributed by atoms with Gasteiger partial charge in [0.1, 0.15) is 0 Å². The highest BCUT2D eigenvalue weighted by Gasteiger charge is 2.35. The van der Waals surface area contributed by atoms with E-state index < -0.39 is 11.6 Å². The van der Waals surface area contributed by atoms with E-state index in [2.05, 4.69) is 0 Å². The average molecular weight is 248 g/mol. The van der Waals surface area contributed by atoms with Gasteiger partial charge in [-0.2, -0.15) is 0 Å². The summed E-state index contributed by atoms with van der Waals surface area (Å²) in [6.45, 7) is 0. The number of aliphatic carboxylic acids is 1. The van der Waals surface area contributed by atoms with E-state index in [1.807, 2.05) is 30.3 Å². The summed E-state index contributed by atoms with van der Waals surface area (Å²) in [7, 11) is 0. The van der Waals surface area contributed by atoms with Crippen molar-refractivity contribution in [2.75, 3.05) is 0 Å². The SMILES string of the molecule is O=C(O)CCC1CCCC(O)(c2ccccc2)C1. The Labute approximate surface area is 107 Å². The minimum Gasteiger partial charge on any atom is -0.481 e. The van der Waals surface area contributed by atoms with E-state index in [-0.39, 0.29) is 6.42 Å². The highest BCUT2D eigenvalue weighted by molar-refractivity contribution is 5.66. The molecule has 98 valence electrons. The van der Waals surface area contributed by atoms with Gasteiger partial charge in [-0.25, -0.2) is 0 Å². The van der Waals surface area contributed by atoms with Crippen molar-refractivity contribution in [3.63, 3.8) is 0 Å². The van der Waals surface area contributed by atoms with E-state index in [0.717, 1.165) is 24.8 Å². The Balaban J connectivity index is 2.03. The lowest BCUT2D eigenvalue weighted by atomic mass is 9.73. The smallest absolute Gasteiger partial charge is 0.303 e. The predicted octanol–water partition coefficient (Wildman–Crippen LogP) is 2.93. The summed E-state index contributed by atoms with van der Waals surface area (Å²) in [5.74, 6) is -0.427. The molecule has 0 saturated heterocycles. The van der Waals surface area contributed by atoms with Crippen LogP contribution in [0.25, 0.3) is 0 Å². The number of benzene rings is 1. The molecule has 2 rings (SSSR count). The highest BCUT2D eigenvalue weighted by Crippen LogP contribution is 2.41. The maximum Gasteiger partial charge on any atom is 0.303 e. The van der Waals surface area contributed by atoms with E-state index in [4.69, 9.17) is 5.11 Å². The maximum absolute atomic E-state index is 10.7. The van der Waals surface area contributed by atoms with Gasteiger partial charge in [-0.05, 0) is 37.2 Å². The molecule has 0 aromatic heterocycles. The third-order valence-electron chi connectivity index (χ3n) is 3.91. The molecule has 0 heterocycles. The zero-order valence-corrected chi connectivity index (χ0v) is 10.5. The molecule has 1 aromatic carbocycles. The van der Waals surface area contributed by atoms with Crippen LogP contribution in [0.2, 0.25) is 0 Å². The normalized spacial score (nSPS) is 27.9. The van der Waals surface area contributed by atoms with Crippen molar-refractivity contribution in [3.8, 4) is 0 Å². The molecule has 1 aliphatic rings. The van der Waals surface area contributed by atoms with Gasteiger partial charge in [0, 0.05) is 6.42 Å². The Morgan fingerprint density at radius 1 is 1.33 bits per heavy atom. The number of hydrogen-bond acceptors (Lipinski definition) is 2. The lowest BCUT2D eigenvalue weighted by Crippen LogP contribution is -2.32. The van der Waals surface area contributed by atoms with Gasteiger partial charge in [0.2, 0.25) is 0 Å². The molecule has 1 saturated carbocycles. The molecule has 3 nitrogen and oxygen atoms in total. The zero-order valence-electron chi connectivity index (χ0n) is 10.5. The standard InChI is InChI=1S/C15H20O3/c16-14(17)9-8-12-5-4-10-15(18,11-12)13-6-2-1-3-7-13/h1-3,6-7,12,18H,4-5,8-11H2,(H,16,17). The van der Waals surface area contributed by atoms with Crippen molar-refractivity contribution in [2.45, 2.75) is 44.1 Å². The lowest BCUT2D eigenvalue weighted by molar-refractivity contribution is -0.137. The van der Waals surface area contributed by atoms with Crippen molar-refractivity contribution in [1.29, 1.82) is 0 Å². The second-order valence-electron chi connectivity index (χ2n) is 5.29. The number of carboxylic acids is 1. The number of aliphatic hydroxyl groups is 1. The van der Waals surface area contributed by atoms with Gasteiger partial charge < -0.3 is 10.2 Å². The fourth-order valence-electron chi connectivity index (χ4n) is 2.95. The molecule has 0 bridgehead atoms. The number of rotatable bonds is 4. The Morgan fingerprint density at radius 3 is 2.72 bits per heavy atom. The van der Waals surface area contributed by atoms with Crippen LogP contribution in [0.5, 0.6) is 0 Å². The van der Waals surface area contributed by atoms with Crippen molar-refractivity contribution in [2.24, 2.45) is 5.92 Å². The largest absolute Gasteiger partial charge is 0.481 e. The molecule has 2 N–H and O–H groups in total. The van der Waals surface area contributed by atoms with Gasteiger partial charge in [0.15, 0.2) is 0 Å². The molecule has 2 atom stereocenters. The Hall–Kier alpha value is -1.35. The number of carboxylic acid groups (broad SMARTS) is 1. The fraction of sp³-hybridized carbons (Fsp3) is 0.533. The molecule has 18 heavy (non-hydrogen) atoms. The van der Waals surface area contributed by atoms with Gasteiger partial charge >= 0.3 is 5.97 Å². The summed E-state index contributed by atoms with van der Waals surface area (Å²) in [6, 6.07) is 9.74. The minimum atomic E-state index is -0.761. The Bertz CT molecular complexity index is 401. The second kappa shape index (κ2) is 5.53. The number of carbonyl (C=O) groups is 1. The molecule has 1 aromatic rings. The first kappa shape index (κ1) is 13.1. The quantitative estimate of drug-likeness (QED) is 0.861. The molecule has 3 heteroatoms. The molecular formula is C15H20O3. The fourth-order valence-corrected chi connectivity index (χ4v) is 2.95. The van der Waals surface area contributed by atoms with Gasteiger partial charge in [-0.15, -0.1) is 0 Å². The molecule has 2 unspecified atom stereocenters. The molecule has 0 spiro atoms. The van der Waals surface area contributed by atoms with Crippen LogP contribution in [0.1, 0.15) is 44.1 Å². The lowest BCUT2D eigenvalue weighted by Gasteiger charge is -2.37. The van der Waals surface area contributed by atoms with Crippen LogP contribution in [-0.2, 0) is 10.4 Å². The summed E-state index contributed by atoms with van der Waals surface area (Å²) in [5, 5.41) is 19.5. The van der Waals surface area contributed by atoms with Crippen LogP contribution < -0.4 is 0 Å². The summed E-state index contributed by atoms with van der Waals surface area (Å²) in [4.78, 5) is 10.6. The van der Waals surface area contributed by atoms with Gasteiger partial charge in [-0.1, -0.05) is 36.8 Å². The third-order valence-corrected chi connectivity index (χ3v) is 3.91. The first-order valence-corrected chi connectivity index (χ1v) is 6.60. The van der Waals surface area contributed by atoms with E-state index in [9.17, 15) is 9.90 Å². The minimum absolute atomic E-state index is 0.204. The van der Waals surface area contributed by atoms with Crippen LogP contribution >= 0.6 is 0 Å². The Kier molecular flexibility index (Phi) is 4.02. The van der Waals surface area contributed by atoms with E-state index in [1.165, 1.54) is 0 Å². The predicted molar refractivity (Wildman–Crippen MR) is 69.2 cm³/mol. The molecule has 0 radical (unpaired) electrons. The summed E-state index contributed by atoms with van der Waals surface area (Å²) in [5.41, 5.74) is 0.202. The average Bonchev–Trinajstić information content (AvgIpc) is 2.38. The molecule has 1 aliphatic carbocycles. The van der Waals surface area contributed by atoms with Crippen LogP contribution in [0, 0.1) is 5.92 Å². The van der Waals surface area contributed by atoms with Crippen LogP contribution in [-0.4, -0.2) is 16.2 Å². The van der Waals surface area contributed by atoms with Crippen LogP contribution in [0.3, 0.4) is 0 Å².